The van der Waals surface area contributed by atoms with E-state index in [1.807, 2.05) is 0 Å². The summed E-state index contributed by atoms with van der Waals surface area (Å²) in [6.45, 7) is 6.54. The van der Waals surface area contributed by atoms with Gasteiger partial charge < -0.3 is 9.47 Å². The van der Waals surface area contributed by atoms with Gasteiger partial charge in [0.25, 0.3) is 0 Å². The highest BCUT2D eigenvalue weighted by Gasteiger charge is 2.12. The molecule has 2 nitrogen and oxygen atoms in total. The van der Waals surface area contributed by atoms with Crippen molar-refractivity contribution in [2.45, 2.75) is 27.2 Å². The predicted molar refractivity (Wildman–Crippen MR) is 113 cm³/mol. The molecule has 0 aliphatic heterocycles. The zero-order chi connectivity index (χ0) is 18.7. The van der Waals surface area contributed by atoms with E-state index in [1.165, 1.54) is 39.5 Å². The van der Waals surface area contributed by atoms with E-state index in [0.29, 0.717) is 0 Å². The molecule has 3 rings (SSSR count). The van der Waals surface area contributed by atoms with E-state index >= 15 is 0 Å². The Morgan fingerprint density at radius 1 is 0.962 bits per heavy atom. The van der Waals surface area contributed by atoms with Crippen LogP contribution in [0.25, 0.3) is 11.3 Å². The van der Waals surface area contributed by atoms with Crippen molar-refractivity contribution in [2.24, 2.45) is 0 Å². The Labute approximate surface area is 157 Å². The Hall–Kier alpha value is -2.74. The van der Waals surface area contributed by atoms with Crippen LogP contribution < -0.4 is 4.90 Å². The van der Waals surface area contributed by atoms with Crippen LogP contribution in [0.2, 0.25) is 0 Å². The summed E-state index contributed by atoms with van der Waals surface area (Å²) in [5.41, 5.74) is 9.10. The van der Waals surface area contributed by atoms with Gasteiger partial charge in [0, 0.05) is 36.9 Å². The molecule has 0 atom stereocenters. The van der Waals surface area contributed by atoms with Crippen LogP contribution in [0.5, 0.6) is 0 Å². The monoisotopic (exact) mass is 344 g/mol. The van der Waals surface area contributed by atoms with Gasteiger partial charge in [-0.1, -0.05) is 36.4 Å². The number of aromatic nitrogens is 1. The van der Waals surface area contributed by atoms with Gasteiger partial charge in [-0.15, -0.1) is 0 Å². The predicted octanol–water partition coefficient (Wildman–Crippen LogP) is 5.81. The molecule has 3 aromatic rings. The molecule has 0 unspecified atom stereocenters. The fourth-order valence-corrected chi connectivity index (χ4v) is 3.53. The minimum atomic E-state index is 0.949. The molecule has 26 heavy (non-hydrogen) atoms. The fraction of sp³-hybridized carbons (Fsp3) is 0.250. The molecular weight excluding hydrogens is 316 g/mol. The Kier molecular flexibility index (Phi) is 5.32. The van der Waals surface area contributed by atoms with E-state index in [9.17, 15) is 0 Å². The first-order valence-corrected chi connectivity index (χ1v) is 9.17. The van der Waals surface area contributed by atoms with E-state index in [1.54, 1.807) is 0 Å². The first kappa shape index (κ1) is 18.1. The zero-order valence-electron chi connectivity index (χ0n) is 16.5. The quantitative estimate of drug-likeness (QED) is 0.567. The summed E-state index contributed by atoms with van der Waals surface area (Å²) in [6, 6.07) is 21.7. The summed E-state index contributed by atoms with van der Waals surface area (Å²) in [5.74, 6) is 0. The van der Waals surface area contributed by atoms with Crippen LogP contribution >= 0.6 is 0 Å². The lowest BCUT2D eigenvalue weighted by Crippen LogP contribution is -2.08. The minimum absolute atomic E-state index is 0.949. The summed E-state index contributed by atoms with van der Waals surface area (Å²) in [5, 5.41) is 0. The standard InChI is InChI=1S/C24H28N2/c1-6-20(21-12-14-23(15-13-21)25(4)5)17-22-16-18(2)26(19(22)3)24-10-8-7-9-11-24/h6-16H,17H2,1-5H3. The number of hydrogen-bond acceptors (Lipinski definition) is 1. The first-order chi connectivity index (χ1) is 12.5. The lowest BCUT2D eigenvalue weighted by molar-refractivity contribution is 0.956. The maximum absolute atomic E-state index is 2.34. The number of allylic oxidation sites excluding steroid dienone is 2. The van der Waals surface area contributed by atoms with Gasteiger partial charge in [-0.2, -0.15) is 0 Å². The lowest BCUT2D eigenvalue weighted by atomic mass is 9.98. The van der Waals surface area contributed by atoms with Crippen LogP contribution in [-0.2, 0) is 6.42 Å². The Bertz CT molecular complexity index is 897. The summed E-state index contributed by atoms with van der Waals surface area (Å²) < 4.78 is 2.34. The van der Waals surface area contributed by atoms with Gasteiger partial charge in [0.2, 0.25) is 0 Å². The van der Waals surface area contributed by atoms with Gasteiger partial charge in [-0.05, 0) is 74.2 Å². The SMILES string of the molecule is CC=C(Cc1cc(C)n(-c2ccccc2)c1C)c1ccc(N(C)C)cc1. The van der Waals surface area contributed by atoms with Gasteiger partial charge in [-0.3, -0.25) is 0 Å². The average Bonchev–Trinajstić information content (AvgIpc) is 2.93. The van der Waals surface area contributed by atoms with Crippen molar-refractivity contribution < 1.29 is 0 Å². The van der Waals surface area contributed by atoms with E-state index in [-0.39, 0.29) is 0 Å². The molecule has 134 valence electrons. The third kappa shape index (κ3) is 3.60. The summed E-state index contributed by atoms with van der Waals surface area (Å²) >= 11 is 0. The highest BCUT2D eigenvalue weighted by molar-refractivity contribution is 5.69. The molecule has 2 heteroatoms. The molecule has 0 bridgehead atoms. The van der Waals surface area contributed by atoms with Crippen molar-refractivity contribution in [3.8, 4) is 5.69 Å². The van der Waals surface area contributed by atoms with Crippen molar-refractivity contribution in [3.63, 3.8) is 0 Å². The smallest absolute Gasteiger partial charge is 0.0455 e. The molecule has 0 spiro atoms. The lowest BCUT2D eigenvalue weighted by Gasteiger charge is -2.14. The normalized spacial score (nSPS) is 11.7. The van der Waals surface area contributed by atoms with Gasteiger partial charge in [0.05, 0.1) is 0 Å². The van der Waals surface area contributed by atoms with Gasteiger partial charge in [0.15, 0.2) is 0 Å². The second-order valence-corrected chi connectivity index (χ2v) is 7.00. The molecule has 0 aliphatic rings. The molecule has 0 radical (unpaired) electrons. The number of anilines is 1. The number of rotatable bonds is 5. The molecule has 1 heterocycles. The van der Waals surface area contributed by atoms with Crippen molar-refractivity contribution in [1.29, 1.82) is 0 Å². The minimum Gasteiger partial charge on any atom is -0.378 e. The molecule has 2 aromatic carbocycles. The van der Waals surface area contributed by atoms with E-state index < -0.39 is 0 Å². The van der Waals surface area contributed by atoms with Crippen molar-refractivity contribution in [1.82, 2.24) is 4.57 Å². The number of para-hydroxylation sites is 1. The topological polar surface area (TPSA) is 8.17 Å². The van der Waals surface area contributed by atoms with Crippen molar-refractivity contribution in [2.75, 3.05) is 19.0 Å². The number of benzene rings is 2. The molecule has 0 aliphatic carbocycles. The number of aryl methyl sites for hydroxylation is 1. The molecule has 0 fully saturated rings. The Morgan fingerprint density at radius 3 is 2.19 bits per heavy atom. The highest BCUT2D eigenvalue weighted by atomic mass is 15.1. The summed E-state index contributed by atoms with van der Waals surface area (Å²) in [6.07, 6.45) is 3.18. The molecular formula is C24H28N2. The van der Waals surface area contributed by atoms with Crippen molar-refractivity contribution in [3.05, 3.63) is 89.3 Å². The molecule has 0 saturated heterocycles. The fourth-order valence-electron chi connectivity index (χ4n) is 3.53. The van der Waals surface area contributed by atoms with Crippen LogP contribution in [0.3, 0.4) is 0 Å². The third-order valence-electron chi connectivity index (χ3n) is 5.03. The molecule has 0 amide bonds. The van der Waals surface area contributed by atoms with Gasteiger partial charge in [-0.25, -0.2) is 0 Å². The van der Waals surface area contributed by atoms with Gasteiger partial charge in [0.1, 0.15) is 0 Å². The maximum Gasteiger partial charge on any atom is 0.0455 e. The summed E-state index contributed by atoms with van der Waals surface area (Å²) in [7, 11) is 4.15. The molecule has 0 N–H and O–H groups in total. The second kappa shape index (κ2) is 7.65. The summed E-state index contributed by atoms with van der Waals surface area (Å²) in [4.78, 5) is 2.13. The third-order valence-corrected chi connectivity index (χ3v) is 5.03. The highest BCUT2D eigenvalue weighted by Crippen LogP contribution is 2.27. The van der Waals surface area contributed by atoms with E-state index in [2.05, 4.69) is 111 Å². The van der Waals surface area contributed by atoms with Crippen LogP contribution in [0.15, 0.2) is 66.7 Å². The van der Waals surface area contributed by atoms with E-state index in [0.717, 1.165) is 6.42 Å². The second-order valence-electron chi connectivity index (χ2n) is 7.00. The van der Waals surface area contributed by atoms with Crippen LogP contribution in [0.4, 0.5) is 5.69 Å². The van der Waals surface area contributed by atoms with Crippen LogP contribution in [0, 0.1) is 13.8 Å². The van der Waals surface area contributed by atoms with Crippen molar-refractivity contribution >= 4 is 11.3 Å². The largest absolute Gasteiger partial charge is 0.378 e. The molecule has 1 aromatic heterocycles. The molecule has 0 saturated carbocycles. The van der Waals surface area contributed by atoms with Crippen LogP contribution in [0.1, 0.15) is 29.4 Å². The van der Waals surface area contributed by atoms with E-state index in [4.69, 9.17) is 0 Å². The van der Waals surface area contributed by atoms with Gasteiger partial charge >= 0.3 is 0 Å². The average molecular weight is 345 g/mol. The maximum atomic E-state index is 2.34. The van der Waals surface area contributed by atoms with Crippen LogP contribution in [-0.4, -0.2) is 18.7 Å². The first-order valence-electron chi connectivity index (χ1n) is 9.17. The zero-order valence-corrected chi connectivity index (χ0v) is 16.5. The number of nitrogens with zero attached hydrogens (tertiary/aromatic N) is 2. The number of hydrogen-bond donors (Lipinski definition) is 0. The Balaban J connectivity index is 1.90. The Morgan fingerprint density at radius 2 is 1.62 bits per heavy atom.